The summed E-state index contributed by atoms with van der Waals surface area (Å²) in [6, 6.07) is 0.129. The highest BCUT2D eigenvalue weighted by atomic mass is 19.2. The van der Waals surface area contributed by atoms with Gasteiger partial charge in [0.05, 0.1) is 12.7 Å². The van der Waals surface area contributed by atoms with Gasteiger partial charge in [0, 0.05) is 12.1 Å². The molecule has 1 atom stereocenters. The number of halogens is 3. The number of hydrogen-bond acceptors (Lipinski definition) is 2. The Balaban J connectivity index is 2.48. The van der Waals surface area contributed by atoms with E-state index in [9.17, 15) is 13.2 Å². The van der Waals surface area contributed by atoms with Crippen LogP contribution in [-0.2, 0) is 0 Å². The molecule has 1 aromatic carbocycles. The first kappa shape index (κ1) is 12.2. The molecule has 0 aromatic heterocycles. The van der Waals surface area contributed by atoms with E-state index in [1.807, 2.05) is 0 Å². The van der Waals surface area contributed by atoms with Crippen LogP contribution in [0.2, 0.25) is 0 Å². The van der Waals surface area contributed by atoms with Gasteiger partial charge in [-0.15, -0.1) is 0 Å². The average molecular weight is 245 g/mol. The topological polar surface area (TPSA) is 21.3 Å². The molecule has 2 rings (SSSR count). The largest absolute Gasteiger partial charge is 0.493 e. The summed E-state index contributed by atoms with van der Waals surface area (Å²) in [6.45, 7) is 0.714. The quantitative estimate of drug-likeness (QED) is 0.809. The van der Waals surface area contributed by atoms with Gasteiger partial charge in [-0.2, -0.15) is 0 Å². The Morgan fingerprint density at radius 3 is 2.59 bits per heavy atom. The predicted octanol–water partition coefficient (Wildman–Crippen LogP) is 2.93. The molecule has 1 saturated heterocycles. The van der Waals surface area contributed by atoms with Crippen molar-refractivity contribution < 1.29 is 17.9 Å². The molecule has 1 aliphatic rings. The second-order valence-electron chi connectivity index (χ2n) is 4.10. The van der Waals surface area contributed by atoms with Crippen LogP contribution in [0.1, 0.15) is 30.9 Å². The molecule has 5 heteroatoms. The van der Waals surface area contributed by atoms with Crippen LogP contribution in [0, 0.1) is 17.5 Å². The van der Waals surface area contributed by atoms with Crippen LogP contribution in [0.5, 0.6) is 5.75 Å². The number of benzene rings is 1. The number of ether oxygens (including phenoxy) is 1. The summed E-state index contributed by atoms with van der Waals surface area (Å²) < 4.78 is 45.3. The van der Waals surface area contributed by atoms with Crippen LogP contribution in [0.3, 0.4) is 0 Å². The Bertz CT molecular complexity index is 417. The lowest BCUT2D eigenvalue weighted by Gasteiger charge is -2.26. The Kier molecular flexibility index (Phi) is 3.57. The minimum atomic E-state index is -1.18. The van der Waals surface area contributed by atoms with E-state index in [0.29, 0.717) is 19.0 Å². The molecule has 1 N–H and O–H groups in total. The van der Waals surface area contributed by atoms with E-state index in [0.717, 1.165) is 12.8 Å². The standard InChI is InChI=1S/C12H14F3NO/c1-17-12-8(14)6-7(13)11(15)10(12)9-4-2-3-5-16-9/h6,9,16H,2-5H2,1H3. The Morgan fingerprint density at radius 2 is 2.00 bits per heavy atom. The fourth-order valence-electron chi connectivity index (χ4n) is 2.21. The van der Waals surface area contributed by atoms with E-state index in [-0.39, 0.29) is 17.4 Å². The molecular formula is C12H14F3NO. The van der Waals surface area contributed by atoms with Crippen LogP contribution >= 0.6 is 0 Å². The van der Waals surface area contributed by atoms with Gasteiger partial charge in [-0.3, -0.25) is 0 Å². The van der Waals surface area contributed by atoms with Crippen LogP contribution in [0.25, 0.3) is 0 Å². The lowest BCUT2D eigenvalue weighted by molar-refractivity contribution is 0.337. The summed E-state index contributed by atoms with van der Waals surface area (Å²) in [4.78, 5) is 0. The van der Waals surface area contributed by atoms with Gasteiger partial charge >= 0.3 is 0 Å². The van der Waals surface area contributed by atoms with E-state index in [1.54, 1.807) is 0 Å². The zero-order chi connectivity index (χ0) is 12.4. The summed E-state index contributed by atoms with van der Waals surface area (Å²) >= 11 is 0. The normalized spacial score (nSPS) is 20.4. The smallest absolute Gasteiger partial charge is 0.168 e. The second kappa shape index (κ2) is 4.96. The monoisotopic (exact) mass is 245 g/mol. The molecular weight excluding hydrogens is 231 g/mol. The number of methoxy groups -OCH3 is 1. The van der Waals surface area contributed by atoms with Crippen molar-refractivity contribution in [3.8, 4) is 5.75 Å². The highest BCUT2D eigenvalue weighted by molar-refractivity contribution is 5.39. The third kappa shape index (κ3) is 2.24. The number of hydrogen-bond donors (Lipinski definition) is 1. The number of rotatable bonds is 2. The fourth-order valence-corrected chi connectivity index (χ4v) is 2.21. The van der Waals surface area contributed by atoms with Gasteiger partial charge in [0.25, 0.3) is 0 Å². The summed E-state index contributed by atoms with van der Waals surface area (Å²) in [5.41, 5.74) is -0.0373. The average Bonchev–Trinajstić information content (AvgIpc) is 2.34. The molecule has 2 nitrogen and oxygen atoms in total. The first-order chi connectivity index (χ1) is 8.15. The van der Waals surface area contributed by atoms with Crippen LogP contribution in [-0.4, -0.2) is 13.7 Å². The summed E-state index contributed by atoms with van der Waals surface area (Å²) in [5, 5.41) is 3.05. The van der Waals surface area contributed by atoms with Gasteiger partial charge in [-0.1, -0.05) is 6.42 Å². The van der Waals surface area contributed by atoms with Gasteiger partial charge in [0.15, 0.2) is 23.2 Å². The summed E-state index contributed by atoms with van der Waals surface area (Å²) in [7, 11) is 1.25. The van der Waals surface area contributed by atoms with Crippen LogP contribution in [0.15, 0.2) is 6.07 Å². The minimum absolute atomic E-state index is 0.0373. The zero-order valence-electron chi connectivity index (χ0n) is 9.53. The van der Waals surface area contributed by atoms with Crippen molar-refractivity contribution in [3.05, 3.63) is 29.1 Å². The van der Waals surface area contributed by atoms with Crippen molar-refractivity contribution in [3.63, 3.8) is 0 Å². The molecule has 1 aromatic rings. The van der Waals surface area contributed by atoms with E-state index in [1.165, 1.54) is 7.11 Å². The van der Waals surface area contributed by atoms with Crippen molar-refractivity contribution in [2.45, 2.75) is 25.3 Å². The van der Waals surface area contributed by atoms with Crippen molar-refractivity contribution in [2.24, 2.45) is 0 Å². The molecule has 0 spiro atoms. The minimum Gasteiger partial charge on any atom is -0.493 e. The van der Waals surface area contributed by atoms with E-state index in [2.05, 4.69) is 5.32 Å². The van der Waals surface area contributed by atoms with Crippen molar-refractivity contribution >= 4 is 0 Å². The molecule has 1 heterocycles. The van der Waals surface area contributed by atoms with Gasteiger partial charge < -0.3 is 10.1 Å². The predicted molar refractivity (Wildman–Crippen MR) is 57.5 cm³/mol. The van der Waals surface area contributed by atoms with Crippen molar-refractivity contribution in [1.29, 1.82) is 0 Å². The SMILES string of the molecule is COc1c(F)cc(F)c(F)c1C1CCCCN1. The molecule has 1 unspecified atom stereocenters. The van der Waals surface area contributed by atoms with Gasteiger partial charge in [-0.05, 0) is 19.4 Å². The van der Waals surface area contributed by atoms with Gasteiger partial charge in [-0.25, -0.2) is 13.2 Å². The summed E-state index contributed by atoms with van der Waals surface area (Å²) in [6.07, 6.45) is 2.53. The second-order valence-corrected chi connectivity index (χ2v) is 4.10. The van der Waals surface area contributed by atoms with Gasteiger partial charge in [0.2, 0.25) is 0 Å². The Labute approximate surface area is 97.8 Å². The molecule has 17 heavy (non-hydrogen) atoms. The van der Waals surface area contributed by atoms with E-state index in [4.69, 9.17) is 4.74 Å². The third-order valence-electron chi connectivity index (χ3n) is 3.02. The number of nitrogens with one attached hydrogen (secondary N) is 1. The highest BCUT2D eigenvalue weighted by Crippen LogP contribution is 2.35. The Hall–Kier alpha value is -1.23. The lowest BCUT2D eigenvalue weighted by atomic mass is 9.96. The first-order valence-electron chi connectivity index (χ1n) is 5.60. The fraction of sp³-hybridized carbons (Fsp3) is 0.500. The maximum atomic E-state index is 13.8. The molecule has 0 saturated carbocycles. The van der Waals surface area contributed by atoms with Crippen LogP contribution < -0.4 is 10.1 Å². The van der Waals surface area contributed by atoms with Crippen molar-refractivity contribution in [2.75, 3.05) is 13.7 Å². The molecule has 0 amide bonds. The maximum Gasteiger partial charge on any atom is 0.168 e. The van der Waals surface area contributed by atoms with E-state index >= 15 is 0 Å². The third-order valence-corrected chi connectivity index (χ3v) is 3.02. The molecule has 0 aliphatic carbocycles. The lowest BCUT2D eigenvalue weighted by Crippen LogP contribution is -2.28. The van der Waals surface area contributed by atoms with Gasteiger partial charge in [0.1, 0.15) is 0 Å². The molecule has 0 bridgehead atoms. The molecule has 0 radical (unpaired) electrons. The molecule has 1 fully saturated rings. The van der Waals surface area contributed by atoms with Crippen LogP contribution in [0.4, 0.5) is 13.2 Å². The highest BCUT2D eigenvalue weighted by Gasteiger charge is 2.27. The zero-order valence-corrected chi connectivity index (χ0v) is 9.53. The van der Waals surface area contributed by atoms with E-state index < -0.39 is 17.5 Å². The number of piperidine rings is 1. The summed E-state index contributed by atoms with van der Waals surface area (Å²) in [5.74, 6) is -3.27. The first-order valence-corrected chi connectivity index (χ1v) is 5.60. The van der Waals surface area contributed by atoms with Crippen molar-refractivity contribution in [1.82, 2.24) is 5.32 Å². The molecule has 94 valence electrons. The maximum absolute atomic E-state index is 13.8. The molecule has 1 aliphatic heterocycles. The Morgan fingerprint density at radius 1 is 1.24 bits per heavy atom.